The number of hydrogen-bond acceptors (Lipinski definition) is 3. The Kier molecular flexibility index (Phi) is 2.31. The molecule has 148 valence electrons. The monoisotopic (exact) mass is 411 g/mol. The Hall–Kier alpha value is -4.58. The maximum Gasteiger partial charge on any atom is 0.223 e. The third kappa shape index (κ3) is 1.50. The Morgan fingerprint density at radius 1 is 0.531 bits per heavy atom. The zero-order valence-corrected chi connectivity index (χ0v) is 16.6. The fourth-order valence-electron chi connectivity index (χ4n) is 5.54. The summed E-state index contributed by atoms with van der Waals surface area (Å²) in [6.07, 6.45) is 0. The van der Waals surface area contributed by atoms with Gasteiger partial charge in [0, 0.05) is 5.39 Å². The first-order chi connectivity index (χ1) is 15.9. The molecule has 0 bridgehead atoms. The van der Waals surface area contributed by atoms with E-state index in [9.17, 15) is 0 Å². The SMILES string of the molecule is c1ccc2c(c1)nc1n2c2cccc3c2n1c1nc2ccc4oc5ccccc5c4c2n31. The summed E-state index contributed by atoms with van der Waals surface area (Å²) in [5, 5.41) is 2.21. The molecule has 0 spiro atoms. The van der Waals surface area contributed by atoms with Crippen LogP contribution in [0.5, 0.6) is 0 Å². The summed E-state index contributed by atoms with van der Waals surface area (Å²) in [5.41, 5.74) is 9.27. The van der Waals surface area contributed by atoms with E-state index in [1.54, 1.807) is 0 Å². The van der Waals surface area contributed by atoms with Gasteiger partial charge in [-0.25, -0.2) is 14.4 Å². The number of rotatable bonds is 0. The number of imidazole rings is 4. The summed E-state index contributed by atoms with van der Waals surface area (Å²) >= 11 is 0. The van der Waals surface area contributed by atoms with E-state index in [2.05, 4.69) is 61.7 Å². The first kappa shape index (κ1) is 15.3. The predicted molar refractivity (Wildman–Crippen MR) is 126 cm³/mol. The molecule has 9 aromatic rings. The minimum absolute atomic E-state index is 0.870. The highest BCUT2D eigenvalue weighted by atomic mass is 16.3. The number of nitrogens with zero attached hydrogens (tertiary/aromatic N) is 5. The minimum Gasteiger partial charge on any atom is -0.456 e. The molecule has 0 saturated carbocycles. The van der Waals surface area contributed by atoms with Gasteiger partial charge in [-0.05, 0) is 42.5 Å². The number of benzene rings is 4. The van der Waals surface area contributed by atoms with Gasteiger partial charge < -0.3 is 4.42 Å². The predicted octanol–water partition coefficient (Wildman–Crippen LogP) is 6.03. The number of furan rings is 1. The van der Waals surface area contributed by atoms with Crippen LogP contribution < -0.4 is 0 Å². The zero-order chi connectivity index (χ0) is 20.6. The maximum atomic E-state index is 6.17. The number of hydrogen-bond donors (Lipinski definition) is 0. The van der Waals surface area contributed by atoms with Crippen LogP contribution >= 0.6 is 0 Å². The molecule has 0 aliphatic rings. The fraction of sp³-hybridized carbons (Fsp3) is 0. The van der Waals surface area contributed by atoms with Gasteiger partial charge in [0.2, 0.25) is 11.6 Å². The number of fused-ring (bicyclic) bond motifs is 14. The molecular formula is C26H13N5O. The highest BCUT2D eigenvalue weighted by Crippen LogP contribution is 2.39. The van der Waals surface area contributed by atoms with E-state index in [1.807, 2.05) is 30.3 Å². The lowest BCUT2D eigenvalue weighted by Gasteiger charge is -1.98. The molecule has 32 heavy (non-hydrogen) atoms. The summed E-state index contributed by atoms with van der Waals surface area (Å²) in [7, 11) is 0. The van der Waals surface area contributed by atoms with Gasteiger partial charge in [0.05, 0.1) is 38.5 Å². The Balaban J connectivity index is 1.64. The molecule has 0 N–H and O–H groups in total. The van der Waals surface area contributed by atoms with Crippen molar-refractivity contribution in [1.29, 1.82) is 0 Å². The number of para-hydroxylation sites is 4. The van der Waals surface area contributed by atoms with Crippen molar-refractivity contribution >= 4 is 72.1 Å². The molecular weight excluding hydrogens is 398 g/mol. The smallest absolute Gasteiger partial charge is 0.223 e. The largest absolute Gasteiger partial charge is 0.456 e. The van der Waals surface area contributed by atoms with Crippen LogP contribution in [0.1, 0.15) is 0 Å². The van der Waals surface area contributed by atoms with E-state index >= 15 is 0 Å². The topological polar surface area (TPSA) is 52.2 Å². The molecule has 0 atom stereocenters. The van der Waals surface area contributed by atoms with E-state index in [1.165, 1.54) is 0 Å². The fourth-order valence-corrected chi connectivity index (χ4v) is 5.54. The van der Waals surface area contributed by atoms with Crippen LogP contribution in [0.15, 0.2) is 83.3 Å². The first-order valence-electron chi connectivity index (χ1n) is 10.6. The summed E-state index contributed by atoms with van der Waals surface area (Å²) in [4.78, 5) is 10.1. The lowest BCUT2D eigenvalue weighted by Crippen LogP contribution is -1.87. The van der Waals surface area contributed by atoms with Crippen molar-refractivity contribution in [2.45, 2.75) is 0 Å². The Morgan fingerprint density at radius 2 is 1.28 bits per heavy atom. The second-order valence-corrected chi connectivity index (χ2v) is 8.37. The highest BCUT2D eigenvalue weighted by molar-refractivity contribution is 6.19. The molecule has 0 aliphatic heterocycles. The van der Waals surface area contributed by atoms with Crippen LogP contribution in [0.4, 0.5) is 0 Å². The summed E-state index contributed by atoms with van der Waals surface area (Å²) < 4.78 is 12.9. The second kappa shape index (κ2) is 4.84. The molecule has 0 radical (unpaired) electrons. The van der Waals surface area contributed by atoms with Crippen LogP contribution in [0.25, 0.3) is 72.1 Å². The van der Waals surface area contributed by atoms with Gasteiger partial charge in [-0.15, -0.1) is 0 Å². The summed E-state index contributed by atoms with van der Waals surface area (Å²) in [6.45, 7) is 0. The van der Waals surface area contributed by atoms with E-state index in [-0.39, 0.29) is 0 Å². The molecule has 9 rings (SSSR count). The molecule has 0 fully saturated rings. The van der Waals surface area contributed by atoms with Crippen LogP contribution in [-0.2, 0) is 0 Å². The van der Waals surface area contributed by atoms with Gasteiger partial charge in [-0.3, -0.25) is 8.80 Å². The van der Waals surface area contributed by atoms with Crippen molar-refractivity contribution < 1.29 is 4.42 Å². The Morgan fingerprint density at radius 3 is 2.25 bits per heavy atom. The normalized spacial score (nSPS) is 13.0. The lowest BCUT2D eigenvalue weighted by molar-refractivity contribution is 0.669. The molecule has 0 aliphatic carbocycles. The van der Waals surface area contributed by atoms with Gasteiger partial charge in [-0.1, -0.05) is 36.4 Å². The molecule has 0 amide bonds. The van der Waals surface area contributed by atoms with E-state index in [0.717, 1.165) is 72.1 Å². The van der Waals surface area contributed by atoms with Crippen LogP contribution in [0.3, 0.4) is 0 Å². The summed E-state index contributed by atoms with van der Waals surface area (Å²) in [5.74, 6) is 1.75. The first-order valence-corrected chi connectivity index (χ1v) is 10.6. The average molecular weight is 411 g/mol. The molecule has 5 aromatic heterocycles. The zero-order valence-electron chi connectivity index (χ0n) is 16.6. The molecule has 6 heteroatoms. The van der Waals surface area contributed by atoms with Gasteiger partial charge in [0.15, 0.2) is 0 Å². The second-order valence-electron chi connectivity index (χ2n) is 8.37. The molecule has 4 aromatic carbocycles. The van der Waals surface area contributed by atoms with Crippen molar-refractivity contribution in [3.8, 4) is 0 Å². The molecule has 0 saturated heterocycles. The van der Waals surface area contributed by atoms with E-state index in [0.29, 0.717) is 0 Å². The lowest BCUT2D eigenvalue weighted by atomic mass is 10.1. The third-order valence-electron chi connectivity index (χ3n) is 6.78. The van der Waals surface area contributed by atoms with Crippen molar-refractivity contribution in [2.75, 3.05) is 0 Å². The van der Waals surface area contributed by atoms with Crippen LogP contribution in [0.2, 0.25) is 0 Å². The van der Waals surface area contributed by atoms with Crippen molar-refractivity contribution in [3.63, 3.8) is 0 Å². The maximum absolute atomic E-state index is 6.17. The van der Waals surface area contributed by atoms with Gasteiger partial charge in [0.1, 0.15) is 16.7 Å². The van der Waals surface area contributed by atoms with Crippen LogP contribution in [-0.4, -0.2) is 23.2 Å². The van der Waals surface area contributed by atoms with Crippen molar-refractivity contribution in [1.82, 2.24) is 23.2 Å². The van der Waals surface area contributed by atoms with Crippen molar-refractivity contribution in [3.05, 3.63) is 78.9 Å². The van der Waals surface area contributed by atoms with Gasteiger partial charge in [-0.2, -0.15) is 0 Å². The van der Waals surface area contributed by atoms with E-state index < -0.39 is 0 Å². The minimum atomic E-state index is 0.870. The number of aromatic nitrogens is 5. The van der Waals surface area contributed by atoms with E-state index in [4.69, 9.17) is 14.4 Å². The summed E-state index contributed by atoms with van der Waals surface area (Å²) in [6, 6.07) is 27.0. The Labute approximate surface area is 178 Å². The quantitative estimate of drug-likeness (QED) is 0.306. The Bertz CT molecular complexity index is 2200. The van der Waals surface area contributed by atoms with Gasteiger partial charge >= 0.3 is 0 Å². The average Bonchev–Trinajstić information content (AvgIpc) is 3.59. The third-order valence-corrected chi connectivity index (χ3v) is 6.78. The molecule has 0 unspecified atom stereocenters. The molecule has 6 nitrogen and oxygen atoms in total. The van der Waals surface area contributed by atoms with Crippen molar-refractivity contribution in [2.24, 2.45) is 0 Å². The van der Waals surface area contributed by atoms with Crippen LogP contribution in [0, 0.1) is 0 Å². The van der Waals surface area contributed by atoms with Gasteiger partial charge in [0.25, 0.3) is 0 Å². The highest BCUT2D eigenvalue weighted by Gasteiger charge is 2.24. The molecule has 5 heterocycles. The standard InChI is InChI=1S/C26H13N5O/c1-4-11-20-14(6-1)22-21(32-20)13-12-16-23(22)30-19-10-5-9-18-24(19)31(26(30)28-16)25-27-15-7-2-3-8-17(15)29(18)25/h1-13H.